The lowest BCUT2D eigenvalue weighted by molar-refractivity contribution is -0.140. The van der Waals surface area contributed by atoms with E-state index in [1.807, 2.05) is 24.8 Å². The van der Waals surface area contributed by atoms with Crippen LogP contribution < -0.4 is 49.5 Å². The summed E-state index contributed by atoms with van der Waals surface area (Å²) in [5.74, 6) is -4.33. The Bertz CT molecular complexity index is 5980. The van der Waals surface area contributed by atoms with Gasteiger partial charge in [-0.2, -0.15) is 52.7 Å². The molecule has 0 bridgehead atoms. The summed E-state index contributed by atoms with van der Waals surface area (Å²) in [5.41, 5.74) is 16.9. The molecule has 8 aromatic rings. The van der Waals surface area contributed by atoms with Crippen LogP contribution in [-0.2, 0) is 72.5 Å². The first-order valence-electron chi connectivity index (χ1n) is 50.9. The highest BCUT2D eigenvalue weighted by atomic mass is 32.1. The number of nitrogens with one attached hydrogen (secondary N) is 5. The molecule has 8 heterocycles. The van der Waals surface area contributed by atoms with Crippen LogP contribution in [0.5, 0.6) is 0 Å². The molecule has 4 aliphatic heterocycles. The predicted octanol–water partition coefficient (Wildman–Crippen LogP) is 16.9. The summed E-state index contributed by atoms with van der Waals surface area (Å²) in [7, 11) is 0. The zero-order chi connectivity index (χ0) is 106. The highest BCUT2D eigenvalue weighted by Crippen LogP contribution is 2.70. The van der Waals surface area contributed by atoms with E-state index in [9.17, 15) is 105 Å². The lowest BCUT2D eigenvalue weighted by Crippen LogP contribution is -2.54. The average Bonchev–Trinajstić information content (AvgIpc) is 1.56. The van der Waals surface area contributed by atoms with Crippen LogP contribution in [0.1, 0.15) is 191 Å². The molecule has 149 heavy (non-hydrogen) atoms. The van der Waals surface area contributed by atoms with Crippen LogP contribution in [0.3, 0.4) is 0 Å². The molecule has 8 saturated carbocycles. The number of carbonyl (C=O) groups is 4. The van der Waals surface area contributed by atoms with Gasteiger partial charge in [0.1, 0.15) is 43.3 Å². The van der Waals surface area contributed by atoms with Crippen molar-refractivity contribution in [2.24, 2.45) is 46.6 Å². The van der Waals surface area contributed by atoms with Crippen molar-refractivity contribution < 1.29 is 105 Å². The lowest BCUT2D eigenvalue weighted by Gasteiger charge is -2.38. The molecule has 0 spiro atoms. The normalized spacial score (nSPS) is 27.8. The van der Waals surface area contributed by atoms with Crippen molar-refractivity contribution in [1.29, 1.82) is 0 Å². The second kappa shape index (κ2) is 45.5. The molecule has 4 aromatic heterocycles. The summed E-state index contributed by atoms with van der Waals surface area (Å²) in [5, 5.41) is 46.8. The van der Waals surface area contributed by atoms with Crippen LogP contribution in [0, 0.1) is 46.9 Å². The fourth-order valence-electron chi connectivity index (χ4n) is 24.3. The molecule has 8 aliphatic carbocycles. The van der Waals surface area contributed by atoms with Crippen molar-refractivity contribution >= 4 is 92.2 Å². The van der Waals surface area contributed by atoms with Gasteiger partial charge in [0, 0.05) is 243 Å². The summed E-state index contributed by atoms with van der Waals surface area (Å²) in [4.78, 5) is 92.0. The number of halogens is 16. The number of alkyl halides is 12. The Balaban J connectivity index is 0.000000135. The van der Waals surface area contributed by atoms with Crippen molar-refractivity contribution in [3.8, 4) is 0 Å². The van der Waals surface area contributed by atoms with Gasteiger partial charge in [0.2, 0.25) is 0 Å². The number of nitrogens with zero attached hydrogens (tertiary/aromatic N) is 12. The zero-order valence-corrected chi connectivity index (χ0v) is 85.7. The topological polar surface area (TPSA) is 371 Å². The van der Waals surface area contributed by atoms with Gasteiger partial charge >= 0.3 is 48.8 Å². The van der Waals surface area contributed by atoms with E-state index in [2.05, 4.69) is 80.0 Å². The third-order valence-corrected chi connectivity index (χ3v) is 37.3. The molecule has 28 nitrogen and oxygen atoms in total. The summed E-state index contributed by atoms with van der Waals surface area (Å²) in [6, 6.07) is 8.67. The van der Waals surface area contributed by atoms with Gasteiger partial charge in [0.25, 0.3) is 0 Å². The molecule has 4 saturated heterocycles. The number of rotatable bonds is 31. The number of hydrogen-bond donors (Lipinski definition) is 12. The minimum absolute atomic E-state index is 0.00387. The first-order chi connectivity index (χ1) is 70.8. The molecule has 16 N–H and O–H groups in total. The van der Waals surface area contributed by atoms with E-state index in [0.717, 1.165) is 192 Å². The summed E-state index contributed by atoms with van der Waals surface area (Å²) < 4.78 is 214. The number of carbonyl (C=O) groups excluding carboxylic acids is 4. The van der Waals surface area contributed by atoms with Gasteiger partial charge in [-0.05, 0) is 239 Å². The van der Waals surface area contributed by atoms with E-state index < -0.39 is 100 Å². The van der Waals surface area contributed by atoms with Gasteiger partial charge in [-0.25, -0.2) is 56.7 Å². The van der Waals surface area contributed by atoms with E-state index in [1.54, 1.807) is 64.9 Å². The Hall–Kier alpha value is -9.12. The molecule has 48 heteroatoms. The highest BCUT2D eigenvalue weighted by molar-refractivity contribution is 7.12. The number of benzene rings is 4. The first-order valence-corrected chi connectivity index (χ1v) is 54.2. The van der Waals surface area contributed by atoms with Crippen molar-refractivity contribution in [2.75, 3.05) is 126 Å². The maximum absolute atomic E-state index is 13.8. The lowest BCUT2D eigenvalue weighted by atomic mass is 10.00. The second-order valence-corrected chi connectivity index (χ2v) is 46.3. The van der Waals surface area contributed by atoms with E-state index in [1.165, 1.54) is 25.6 Å². The molecule has 20 rings (SSSR count). The van der Waals surface area contributed by atoms with E-state index in [0.29, 0.717) is 159 Å². The molecule has 12 fully saturated rings. The number of urea groups is 4. The third kappa shape index (κ3) is 25.3. The molecule has 814 valence electrons. The fraction of sp³-hybridized carbons (Fsp3) is 0.604. The van der Waals surface area contributed by atoms with Crippen molar-refractivity contribution in [2.45, 2.75) is 257 Å². The van der Waals surface area contributed by atoms with Crippen LogP contribution in [0.25, 0.3) is 0 Å². The van der Waals surface area contributed by atoms with Gasteiger partial charge in [-0.15, -0.1) is 45.3 Å². The van der Waals surface area contributed by atoms with Crippen LogP contribution in [0.2, 0.25) is 0 Å². The van der Waals surface area contributed by atoms with Crippen molar-refractivity contribution in [3.63, 3.8) is 0 Å². The largest absolute Gasteiger partial charge is 0.419 e. The van der Waals surface area contributed by atoms with E-state index in [-0.39, 0.29) is 98.5 Å². The molecule has 8 amide bonds. The molecule has 4 aromatic carbocycles. The molecular weight excluding hydrogens is 2050 g/mol. The van der Waals surface area contributed by atoms with Crippen LogP contribution in [0.15, 0.2) is 97.6 Å². The zero-order valence-electron chi connectivity index (χ0n) is 82.4. The summed E-state index contributed by atoms with van der Waals surface area (Å²) in [6.07, 6.45) is 1.79. The number of likely N-dealkylation sites (tertiary alicyclic amines) is 3. The van der Waals surface area contributed by atoms with Crippen molar-refractivity contribution in [1.82, 2.24) is 64.5 Å². The molecule has 17 atom stereocenters. The number of nitrogens with two attached hydrogens (primary N) is 4. The summed E-state index contributed by atoms with van der Waals surface area (Å²) >= 11 is 6.45. The van der Waals surface area contributed by atoms with Crippen LogP contribution in [0.4, 0.5) is 112 Å². The van der Waals surface area contributed by atoms with Crippen LogP contribution in [-0.4, -0.2) is 258 Å². The number of anilines is 4. The fourth-order valence-corrected chi connectivity index (χ4v) is 28.7. The average molecular weight is 2180 g/mol. The van der Waals surface area contributed by atoms with Gasteiger partial charge in [-0.1, -0.05) is 0 Å². The minimum Gasteiger partial charge on any atom is -0.392 e. The number of piperazine rings is 1. The number of thiazole rings is 4. The molecule has 2 unspecified atom stereocenters. The SMILES string of the molecule is C[C@@H]1CN(CCCN(C(=O)Nc2ccc(F)c(C(F)(F)F)c2)[C@@H]2CC[C@]3(c4cnc(CN)s4)CC23)[C@@H](C)CN1.NCc1ncc([C@@]23C[C@H](N(CCCN4CC[C@H](O)C4)C(=O)Nc4ccc(F)c(C(F)(F)F)c4)C[C@@H]2C3)s1.NCc1ncc([C@]23CC[C@@H](N(CCCN4CC[C@H](O)C4)C(=O)Nc4ccc(F)c(C(F)(F)F)c4)C2C3)s1.NCc1ncc([C@]23CC[C@@H](N(CCN4CC[C@H](O)C4)C(=O)Nc4ccc(F)c(C(F)(F)F)c4)[C@H]2C3)s1. The summed E-state index contributed by atoms with van der Waals surface area (Å²) in [6.45, 7) is 16.3. The van der Waals surface area contributed by atoms with Crippen LogP contribution >= 0.6 is 45.3 Å². The maximum Gasteiger partial charge on any atom is 0.419 e. The van der Waals surface area contributed by atoms with Gasteiger partial charge < -0.3 is 94.2 Å². The van der Waals surface area contributed by atoms with E-state index >= 15 is 0 Å². The molecule has 0 radical (unpaired) electrons. The third-order valence-electron chi connectivity index (χ3n) is 32.4. The monoisotopic (exact) mass is 2180 g/mol. The number of aliphatic hydroxyl groups excluding tert-OH is 3. The number of fused-ring (bicyclic) bond motifs is 4. The second-order valence-electron chi connectivity index (χ2n) is 41.9. The Morgan fingerprint density at radius 1 is 0.409 bits per heavy atom. The highest BCUT2D eigenvalue weighted by Gasteiger charge is 2.68. The number of amides is 8. The first kappa shape index (κ1) is 111. The quantitative estimate of drug-likeness (QED) is 0.0180. The smallest absolute Gasteiger partial charge is 0.392 e. The van der Waals surface area contributed by atoms with Crippen molar-refractivity contribution in [3.05, 3.63) is 183 Å². The minimum atomic E-state index is -4.86. The van der Waals surface area contributed by atoms with E-state index in [4.69, 9.17) is 22.9 Å². The number of aromatic nitrogens is 4. The van der Waals surface area contributed by atoms with Gasteiger partial charge in [0.05, 0.1) is 40.6 Å². The number of hydrogen-bond acceptors (Lipinski definition) is 24. The van der Waals surface area contributed by atoms with Gasteiger partial charge in [0.15, 0.2) is 0 Å². The Kier molecular flexibility index (Phi) is 33.9. The van der Waals surface area contributed by atoms with Gasteiger partial charge in [-0.3, -0.25) is 9.80 Å². The number of aliphatic hydroxyl groups is 3. The predicted molar refractivity (Wildman–Crippen MR) is 533 cm³/mol. The Morgan fingerprint density at radius 2 is 0.718 bits per heavy atom. The maximum atomic E-state index is 13.8. The molecule has 12 aliphatic rings. The number of β-amino-alcohol motifs (C(OH)–C–C–N with tert-alkyl or cyclic N) is 3. The Morgan fingerprint density at radius 3 is 1.03 bits per heavy atom. The molecular formula is C101H127F16N21O7S4. The standard InChI is InChI=1S/C27H36F4N6OS.2C25H31F4N5O2S.C24H29F4N5O2S/c1-16-15-36(17(2)13-33-16)8-3-9-37(25(38)35-18-4-5-21(28)19(10-18)27(29,30)31)22-6-7-26(11-20(22)26)23-14-34-24(12-32)39-23;26-19-3-2-15(10-17(19)25(27,28)29)32-23(36)34(8-1-7-33-9-5-16(35)14-33)20-4-6-24(11-18(20)24)21-13-31-22(12-30)37-21;26-20-3-2-16(9-19(20)25(27,28)29)32-23(36)34(6-1-5-33-7-4-18(35)14-33)17-8-15-10-24(15,11-17)21-13-31-22(12-30)37-21;25-18-2-1-14(9-16(18)24(26,27)28)31-22(35)33(8-7-32-6-4-15(34)13-32)19-3-5-23(10-17(19)23)20-12-30-21(11-29)36-20/h4-5,10,14,16-17,20,22,33H,3,6-9,11-13,15,32H2,1-2H3,(H,35,38);2-3,10,13,16,18,20,35H,1,4-9,11-12,14,30H2,(H,32,36);2-3,9,13,15,17-18,35H,1,4-8,10-12,14,30H2,(H,32,36);1-2,9,12,15,17,19,34H,3-8,10-11,13,29H2,(H,31,35)/t16-,17+,20?,22-,26+;16-,18?,20+,24-;15-,17-,18+,24+;15-,17+,19+,23-/m1010/s1. The Labute approximate surface area is 868 Å².